The van der Waals surface area contributed by atoms with Gasteiger partial charge >= 0.3 is 0 Å². The van der Waals surface area contributed by atoms with Gasteiger partial charge in [0.25, 0.3) is 0 Å². The van der Waals surface area contributed by atoms with E-state index in [-0.39, 0.29) is 5.75 Å². The molecule has 0 unspecified atom stereocenters. The van der Waals surface area contributed by atoms with Crippen molar-refractivity contribution in [2.45, 2.75) is 13.3 Å². The summed E-state index contributed by atoms with van der Waals surface area (Å²) >= 11 is 0. The molecule has 0 fully saturated rings. The molecule has 0 aliphatic rings. The van der Waals surface area contributed by atoms with Gasteiger partial charge in [-0.3, -0.25) is 0 Å². The molecule has 0 saturated heterocycles. The number of phenols is 1. The number of aryl methyl sites for hydroxylation is 1. The Labute approximate surface area is 98.8 Å². The Morgan fingerprint density at radius 1 is 0.941 bits per heavy atom. The number of rotatable bonds is 1. The third-order valence-corrected chi connectivity index (χ3v) is 2.94. The highest BCUT2D eigenvalue weighted by Gasteiger charge is 2.07. The zero-order chi connectivity index (χ0) is 11.8. The summed E-state index contributed by atoms with van der Waals surface area (Å²) in [7, 11) is 0. The van der Waals surface area contributed by atoms with Crippen LogP contribution >= 0.6 is 0 Å². The Bertz CT molecular complexity index is 707. The zero-order valence-electron chi connectivity index (χ0n) is 9.51. The molecule has 0 amide bonds. The van der Waals surface area contributed by atoms with Crippen molar-refractivity contribution in [2.75, 3.05) is 0 Å². The van der Waals surface area contributed by atoms with E-state index in [0.717, 1.165) is 28.5 Å². The Morgan fingerprint density at radius 3 is 2.41 bits per heavy atom. The molecule has 0 aliphatic carbocycles. The first-order valence-electron chi connectivity index (χ1n) is 5.67. The molecule has 3 nitrogen and oxygen atoms in total. The van der Waals surface area contributed by atoms with Crippen molar-refractivity contribution in [3.05, 3.63) is 42.0 Å². The summed E-state index contributed by atoms with van der Waals surface area (Å²) in [6.07, 6.45) is 0.908. The predicted molar refractivity (Wildman–Crippen MR) is 68.1 cm³/mol. The van der Waals surface area contributed by atoms with Crippen LogP contribution in [0.2, 0.25) is 0 Å². The fraction of sp³-hybridized carbons (Fsp3) is 0.143. The minimum Gasteiger partial charge on any atom is -0.506 e. The Kier molecular flexibility index (Phi) is 2.18. The summed E-state index contributed by atoms with van der Waals surface area (Å²) in [5.41, 5.74) is 4.21. The Balaban J connectivity index is 2.49. The molecule has 3 aromatic rings. The van der Waals surface area contributed by atoms with Crippen LogP contribution in [0.1, 0.15) is 12.5 Å². The largest absolute Gasteiger partial charge is 0.506 e. The van der Waals surface area contributed by atoms with Gasteiger partial charge < -0.3 is 5.11 Å². The number of phenolic OH excluding ortho intramolecular Hbond substituents is 1. The standard InChI is InChI=1S/C14H12N2O/c1-2-9-5-3-6-10-13(9)16-14-11(15-10)7-4-8-12(14)17/h3-8,17H,2H2,1H3. The van der Waals surface area contributed by atoms with E-state index in [1.54, 1.807) is 12.1 Å². The quantitative estimate of drug-likeness (QED) is 0.646. The van der Waals surface area contributed by atoms with E-state index in [9.17, 15) is 5.11 Å². The van der Waals surface area contributed by atoms with Gasteiger partial charge in [-0.05, 0) is 30.2 Å². The summed E-state index contributed by atoms with van der Waals surface area (Å²) in [4.78, 5) is 9.06. The molecule has 0 bridgehead atoms. The second-order valence-corrected chi connectivity index (χ2v) is 4.01. The fourth-order valence-electron chi connectivity index (χ4n) is 2.05. The molecule has 0 aliphatic heterocycles. The number of benzene rings is 2. The van der Waals surface area contributed by atoms with Crippen molar-refractivity contribution < 1.29 is 5.11 Å². The average molecular weight is 224 g/mol. The lowest BCUT2D eigenvalue weighted by molar-refractivity contribution is 0.480. The number of nitrogens with zero attached hydrogens (tertiary/aromatic N) is 2. The summed E-state index contributed by atoms with van der Waals surface area (Å²) in [5, 5.41) is 9.79. The van der Waals surface area contributed by atoms with Crippen LogP contribution in [0.4, 0.5) is 0 Å². The van der Waals surface area contributed by atoms with Gasteiger partial charge in [-0.25, -0.2) is 9.97 Å². The molecule has 84 valence electrons. The molecule has 0 spiro atoms. The lowest BCUT2D eigenvalue weighted by Crippen LogP contribution is -1.92. The summed E-state index contributed by atoms with van der Waals surface area (Å²) in [5.74, 6) is 0.183. The van der Waals surface area contributed by atoms with Crippen LogP contribution in [0.3, 0.4) is 0 Å². The number of para-hydroxylation sites is 2. The molecule has 3 heteroatoms. The predicted octanol–water partition coefficient (Wildman–Crippen LogP) is 3.05. The van der Waals surface area contributed by atoms with Crippen LogP contribution in [0.25, 0.3) is 22.1 Å². The Hall–Kier alpha value is -2.16. The molecule has 1 heterocycles. The third kappa shape index (κ3) is 1.51. The molecule has 0 saturated carbocycles. The number of fused-ring (bicyclic) bond motifs is 2. The first-order valence-corrected chi connectivity index (χ1v) is 5.67. The highest BCUT2D eigenvalue weighted by atomic mass is 16.3. The summed E-state index contributed by atoms with van der Waals surface area (Å²) < 4.78 is 0. The van der Waals surface area contributed by atoms with Gasteiger partial charge in [0.2, 0.25) is 0 Å². The molecular weight excluding hydrogens is 212 g/mol. The van der Waals surface area contributed by atoms with Gasteiger partial charge in [-0.2, -0.15) is 0 Å². The maximum atomic E-state index is 9.79. The van der Waals surface area contributed by atoms with Crippen molar-refractivity contribution >= 4 is 22.1 Å². The lowest BCUT2D eigenvalue weighted by Gasteiger charge is -2.05. The van der Waals surface area contributed by atoms with Crippen LogP contribution in [0.5, 0.6) is 5.75 Å². The van der Waals surface area contributed by atoms with Crippen molar-refractivity contribution in [3.8, 4) is 5.75 Å². The maximum Gasteiger partial charge on any atom is 0.143 e. The van der Waals surface area contributed by atoms with Gasteiger partial charge in [-0.15, -0.1) is 0 Å². The van der Waals surface area contributed by atoms with Gasteiger partial charge in [0.05, 0.1) is 16.6 Å². The van der Waals surface area contributed by atoms with Crippen LogP contribution in [0.15, 0.2) is 36.4 Å². The number of hydrogen-bond acceptors (Lipinski definition) is 3. The van der Waals surface area contributed by atoms with E-state index in [1.807, 2.05) is 24.3 Å². The second kappa shape index (κ2) is 3.70. The number of hydrogen-bond donors (Lipinski definition) is 1. The highest BCUT2D eigenvalue weighted by Crippen LogP contribution is 2.25. The normalized spacial score (nSPS) is 11.1. The zero-order valence-corrected chi connectivity index (χ0v) is 9.51. The minimum absolute atomic E-state index is 0.183. The maximum absolute atomic E-state index is 9.79. The SMILES string of the molecule is CCc1cccc2nc3cccc(O)c3nc12. The van der Waals surface area contributed by atoms with E-state index in [1.165, 1.54) is 0 Å². The van der Waals surface area contributed by atoms with E-state index in [4.69, 9.17) is 0 Å². The van der Waals surface area contributed by atoms with Crippen molar-refractivity contribution in [2.24, 2.45) is 0 Å². The highest BCUT2D eigenvalue weighted by molar-refractivity contribution is 5.90. The van der Waals surface area contributed by atoms with Crippen molar-refractivity contribution in [1.29, 1.82) is 0 Å². The topological polar surface area (TPSA) is 46.0 Å². The lowest BCUT2D eigenvalue weighted by atomic mass is 10.1. The molecule has 17 heavy (non-hydrogen) atoms. The molecule has 3 rings (SSSR count). The van der Waals surface area contributed by atoms with E-state index >= 15 is 0 Å². The third-order valence-electron chi connectivity index (χ3n) is 2.94. The van der Waals surface area contributed by atoms with Crippen LogP contribution < -0.4 is 0 Å². The van der Waals surface area contributed by atoms with Crippen LogP contribution in [-0.2, 0) is 6.42 Å². The molecular formula is C14H12N2O. The van der Waals surface area contributed by atoms with Gasteiger partial charge in [0.1, 0.15) is 11.3 Å². The first kappa shape index (κ1) is 10.0. The second-order valence-electron chi connectivity index (χ2n) is 4.01. The molecule has 0 atom stereocenters. The average Bonchev–Trinajstić information content (AvgIpc) is 2.36. The number of aromatic nitrogens is 2. The summed E-state index contributed by atoms with van der Waals surface area (Å²) in [6, 6.07) is 11.3. The fourth-order valence-corrected chi connectivity index (χ4v) is 2.05. The van der Waals surface area contributed by atoms with Crippen molar-refractivity contribution in [1.82, 2.24) is 9.97 Å². The molecule has 1 aromatic heterocycles. The molecule has 2 aromatic carbocycles. The Morgan fingerprint density at radius 2 is 1.65 bits per heavy atom. The van der Waals surface area contributed by atoms with E-state index in [2.05, 4.69) is 16.9 Å². The summed E-state index contributed by atoms with van der Waals surface area (Å²) in [6.45, 7) is 2.09. The van der Waals surface area contributed by atoms with Crippen LogP contribution in [0, 0.1) is 0 Å². The minimum atomic E-state index is 0.183. The van der Waals surface area contributed by atoms with Gasteiger partial charge in [-0.1, -0.05) is 25.1 Å². The van der Waals surface area contributed by atoms with Gasteiger partial charge in [0.15, 0.2) is 0 Å². The van der Waals surface area contributed by atoms with E-state index in [0.29, 0.717) is 5.52 Å². The van der Waals surface area contributed by atoms with Crippen LogP contribution in [-0.4, -0.2) is 15.1 Å². The van der Waals surface area contributed by atoms with Gasteiger partial charge in [0, 0.05) is 0 Å². The monoisotopic (exact) mass is 224 g/mol. The van der Waals surface area contributed by atoms with Crippen molar-refractivity contribution in [3.63, 3.8) is 0 Å². The number of aromatic hydroxyl groups is 1. The molecule has 1 N–H and O–H groups in total. The molecule has 0 radical (unpaired) electrons. The van der Waals surface area contributed by atoms with E-state index < -0.39 is 0 Å². The smallest absolute Gasteiger partial charge is 0.143 e. The first-order chi connectivity index (χ1) is 8.29.